The molecule has 0 radical (unpaired) electrons. The average Bonchev–Trinajstić information content (AvgIpc) is 3.06. The largest absolute Gasteiger partial charge is 0.465 e. The molecule has 1 heterocycles. The van der Waals surface area contributed by atoms with Gasteiger partial charge in [-0.05, 0) is 18.2 Å². The number of nitrogens with zero attached hydrogens (tertiary/aromatic N) is 2. The predicted octanol–water partition coefficient (Wildman–Crippen LogP) is 5.12. The normalized spacial score (nSPS) is 13.5. The topological polar surface area (TPSA) is 53.4 Å². The molecule has 2 aromatic rings. The molecule has 0 N–H and O–H groups in total. The van der Waals surface area contributed by atoms with Crippen molar-refractivity contribution in [2.45, 2.75) is 33.1 Å². The summed E-state index contributed by atoms with van der Waals surface area (Å²) in [5.41, 5.74) is -1.00. The summed E-state index contributed by atoms with van der Waals surface area (Å²) < 4.78 is 26.6. The number of benzene rings is 1. The summed E-state index contributed by atoms with van der Waals surface area (Å²) in [4.78, 5) is 15.6. The molecule has 0 aliphatic rings. The van der Waals surface area contributed by atoms with E-state index >= 15 is 0 Å². The number of alkyl halides is 1. The number of imidazole rings is 1. The minimum atomic E-state index is -1.00. The third-order valence-corrected chi connectivity index (χ3v) is 4.16. The molecule has 26 heavy (non-hydrogen) atoms. The number of hydrogen-bond acceptors (Lipinski definition) is 4. The van der Waals surface area contributed by atoms with Gasteiger partial charge in [0.15, 0.2) is 6.10 Å². The van der Waals surface area contributed by atoms with E-state index in [1.807, 2.05) is 0 Å². The van der Waals surface area contributed by atoms with Gasteiger partial charge in [-0.1, -0.05) is 37.0 Å². The van der Waals surface area contributed by atoms with Gasteiger partial charge in [-0.15, -0.1) is 12.4 Å². The predicted molar refractivity (Wildman–Crippen MR) is 101 cm³/mol. The van der Waals surface area contributed by atoms with Crippen LogP contribution in [0.4, 0.5) is 4.39 Å². The standard InChI is InChI=1S/C17H19Cl2FN2O3.ClH/c1-11(23)24-15(17(2,3)9-20)16(22-7-6-21-10-22)25-14-5-4-12(18)8-13(14)19;/h4-8,10,15-16H,9H2,1-3H3;1H. The summed E-state index contributed by atoms with van der Waals surface area (Å²) in [6, 6.07) is 4.75. The first-order valence-corrected chi connectivity index (χ1v) is 8.32. The van der Waals surface area contributed by atoms with Crippen LogP contribution >= 0.6 is 35.6 Å². The maximum absolute atomic E-state index is 13.6. The molecule has 0 bridgehead atoms. The molecular weight excluding hydrogens is 406 g/mol. The molecule has 144 valence electrons. The summed E-state index contributed by atoms with van der Waals surface area (Å²) in [6.45, 7) is 3.85. The van der Waals surface area contributed by atoms with Gasteiger partial charge in [0.1, 0.15) is 5.75 Å². The third-order valence-electron chi connectivity index (χ3n) is 3.63. The second kappa shape index (κ2) is 9.44. The summed E-state index contributed by atoms with van der Waals surface area (Å²) in [5.74, 6) is -0.209. The fourth-order valence-corrected chi connectivity index (χ4v) is 2.71. The summed E-state index contributed by atoms with van der Waals surface area (Å²) in [5, 5.41) is 0.745. The first kappa shape index (κ1) is 22.5. The maximum Gasteiger partial charge on any atom is 0.303 e. The lowest BCUT2D eigenvalue weighted by Gasteiger charge is -2.37. The molecule has 0 saturated carbocycles. The van der Waals surface area contributed by atoms with Crippen molar-refractivity contribution in [3.63, 3.8) is 0 Å². The molecule has 2 unspecified atom stereocenters. The van der Waals surface area contributed by atoms with E-state index in [4.69, 9.17) is 32.7 Å². The van der Waals surface area contributed by atoms with Crippen molar-refractivity contribution in [3.05, 3.63) is 47.0 Å². The molecule has 1 aromatic carbocycles. The Bertz CT molecular complexity index is 726. The average molecular weight is 426 g/mol. The number of halogens is 4. The molecule has 2 atom stereocenters. The summed E-state index contributed by atoms with van der Waals surface area (Å²) in [6.07, 6.45) is 2.90. The fraction of sp³-hybridized carbons (Fsp3) is 0.412. The quantitative estimate of drug-likeness (QED) is 0.578. The Kier molecular flexibility index (Phi) is 8.18. The lowest BCUT2D eigenvalue weighted by Crippen LogP contribution is -2.44. The van der Waals surface area contributed by atoms with Gasteiger partial charge >= 0.3 is 5.97 Å². The monoisotopic (exact) mass is 424 g/mol. The molecule has 0 fully saturated rings. The van der Waals surface area contributed by atoms with Gasteiger partial charge in [-0.25, -0.2) is 4.98 Å². The fourth-order valence-electron chi connectivity index (χ4n) is 2.26. The molecule has 2 rings (SSSR count). The Morgan fingerprint density at radius 3 is 2.58 bits per heavy atom. The van der Waals surface area contributed by atoms with Crippen LogP contribution in [0.5, 0.6) is 5.75 Å². The molecule has 0 aliphatic carbocycles. The van der Waals surface area contributed by atoms with E-state index in [1.54, 1.807) is 42.9 Å². The number of carbonyl (C=O) groups is 1. The van der Waals surface area contributed by atoms with Gasteiger partial charge in [-0.2, -0.15) is 0 Å². The van der Waals surface area contributed by atoms with E-state index < -0.39 is 30.4 Å². The van der Waals surface area contributed by atoms with E-state index in [0.717, 1.165) is 0 Å². The minimum absolute atomic E-state index is 0. The molecule has 9 heteroatoms. The highest BCUT2D eigenvalue weighted by Gasteiger charge is 2.41. The van der Waals surface area contributed by atoms with E-state index in [-0.39, 0.29) is 17.4 Å². The van der Waals surface area contributed by atoms with Crippen LogP contribution in [0, 0.1) is 5.41 Å². The third kappa shape index (κ3) is 5.50. The van der Waals surface area contributed by atoms with Crippen molar-refractivity contribution in [1.82, 2.24) is 9.55 Å². The zero-order valence-electron chi connectivity index (χ0n) is 14.5. The molecule has 5 nitrogen and oxygen atoms in total. The highest BCUT2D eigenvalue weighted by molar-refractivity contribution is 6.35. The Labute approximate surface area is 167 Å². The van der Waals surface area contributed by atoms with Gasteiger partial charge < -0.3 is 9.47 Å². The molecule has 0 spiro atoms. The Balaban J connectivity index is 0.00000338. The van der Waals surface area contributed by atoms with Crippen LogP contribution in [0.1, 0.15) is 27.0 Å². The molecule has 0 amide bonds. The van der Waals surface area contributed by atoms with Gasteiger partial charge in [-0.3, -0.25) is 13.8 Å². The van der Waals surface area contributed by atoms with Crippen molar-refractivity contribution in [2.24, 2.45) is 5.41 Å². The molecule has 0 aliphatic heterocycles. The van der Waals surface area contributed by atoms with Crippen LogP contribution < -0.4 is 4.74 Å². The van der Waals surface area contributed by atoms with Crippen LogP contribution in [0.2, 0.25) is 10.0 Å². The van der Waals surface area contributed by atoms with Gasteiger partial charge in [0.25, 0.3) is 0 Å². The van der Waals surface area contributed by atoms with Gasteiger partial charge in [0.05, 0.1) is 18.0 Å². The van der Waals surface area contributed by atoms with E-state index in [1.165, 1.54) is 19.3 Å². The number of esters is 1. The van der Waals surface area contributed by atoms with Crippen LogP contribution in [0.3, 0.4) is 0 Å². The first-order valence-electron chi connectivity index (χ1n) is 7.57. The van der Waals surface area contributed by atoms with Gasteiger partial charge in [0, 0.05) is 29.8 Å². The Hall–Kier alpha value is -1.50. The Morgan fingerprint density at radius 2 is 2.08 bits per heavy atom. The van der Waals surface area contributed by atoms with Crippen LogP contribution in [0.25, 0.3) is 0 Å². The second-order valence-electron chi connectivity index (χ2n) is 6.25. The zero-order chi connectivity index (χ0) is 18.6. The van der Waals surface area contributed by atoms with Crippen LogP contribution in [-0.2, 0) is 9.53 Å². The van der Waals surface area contributed by atoms with Crippen LogP contribution in [-0.4, -0.2) is 28.3 Å². The summed E-state index contributed by atoms with van der Waals surface area (Å²) >= 11 is 12.1. The molecule has 1 aromatic heterocycles. The SMILES string of the molecule is CC(=O)OC(C(Oc1ccc(Cl)cc1Cl)n1ccnc1)C(C)(C)CF.Cl. The van der Waals surface area contributed by atoms with E-state index in [9.17, 15) is 9.18 Å². The van der Waals surface area contributed by atoms with E-state index in [0.29, 0.717) is 10.8 Å². The molecular formula is C17H20Cl3FN2O3. The van der Waals surface area contributed by atoms with Crippen molar-refractivity contribution in [2.75, 3.05) is 6.67 Å². The number of carbonyl (C=O) groups excluding carboxylic acids is 1. The number of rotatable bonds is 7. The maximum atomic E-state index is 13.6. The highest BCUT2D eigenvalue weighted by atomic mass is 35.5. The zero-order valence-corrected chi connectivity index (χ0v) is 16.8. The van der Waals surface area contributed by atoms with Crippen molar-refractivity contribution < 1.29 is 18.7 Å². The Morgan fingerprint density at radius 1 is 1.38 bits per heavy atom. The number of aromatic nitrogens is 2. The number of ether oxygens (including phenoxy) is 2. The van der Waals surface area contributed by atoms with Crippen molar-refractivity contribution in [1.29, 1.82) is 0 Å². The van der Waals surface area contributed by atoms with E-state index in [2.05, 4.69) is 4.98 Å². The minimum Gasteiger partial charge on any atom is -0.465 e. The number of hydrogen-bond donors (Lipinski definition) is 0. The lowest BCUT2D eigenvalue weighted by molar-refractivity contribution is -0.168. The van der Waals surface area contributed by atoms with Gasteiger partial charge in [0.2, 0.25) is 6.23 Å². The highest BCUT2D eigenvalue weighted by Crippen LogP contribution is 2.37. The molecule has 0 saturated heterocycles. The smallest absolute Gasteiger partial charge is 0.303 e. The second-order valence-corrected chi connectivity index (χ2v) is 7.09. The summed E-state index contributed by atoms with van der Waals surface area (Å²) in [7, 11) is 0. The lowest BCUT2D eigenvalue weighted by atomic mass is 9.86. The van der Waals surface area contributed by atoms with Crippen molar-refractivity contribution >= 4 is 41.6 Å². The van der Waals surface area contributed by atoms with Crippen LogP contribution in [0.15, 0.2) is 36.9 Å². The first-order chi connectivity index (χ1) is 11.7. The van der Waals surface area contributed by atoms with Crippen molar-refractivity contribution in [3.8, 4) is 5.75 Å².